The number of aliphatic hydroxyl groups is 1. The predicted molar refractivity (Wildman–Crippen MR) is 127 cm³/mol. The smallest absolute Gasteiger partial charge is 0.257 e. The minimum Gasteiger partial charge on any atom is -0.383 e. The van der Waals surface area contributed by atoms with Crippen LogP contribution in [0.2, 0.25) is 0 Å². The number of nitrogens with zero attached hydrogens (tertiary/aromatic N) is 2. The number of carbonyl (C=O) groups is 3. The summed E-state index contributed by atoms with van der Waals surface area (Å²) in [5.74, 6) is -2.44. The van der Waals surface area contributed by atoms with Crippen LogP contribution in [0.1, 0.15) is 54.1 Å². The van der Waals surface area contributed by atoms with E-state index in [2.05, 4.69) is 15.8 Å². The lowest BCUT2D eigenvalue weighted by Crippen LogP contribution is -2.52. The van der Waals surface area contributed by atoms with E-state index in [4.69, 9.17) is 9.78 Å². The van der Waals surface area contributed by atoms with Gasteiger partial charge in [0.2, 0.25) is 5.91 Å². The van der Waals surface area contributed by atoms with E-state index in [-0.39, 0.29) is 24.4 Å². The minimum absolute atomic E-state index is 0.154. The molecular weight excluding hydrogens is 448 g/mol. The van der Waals surface area contributed by atoms with Crippen molar-refractivity contribution < 1.29 is 24.0 Å². The Bertz CT molecular complexity index is 1100. The van der Waals surface area contributed by atoms with Gasteiger partial charge in [0, 0.05) is 5.92 Å². The Morgan fingerprint density at radius 2 is 1.94 bits per heavy atom. The molecule has 0 aliphatic heterocycles. The Morgan fingerprint density at radius 1 is 1.26 bits per heavy atom. The second-order valence-corrected chi connectivity index (χ2v) is 9.80. The average Bonchev–Trinajstić information content (AvgIpc) is 3.33. The number of hydrogen-bond donors (Lipinski definition) is 3. The van der Waals surface area contributed by atoms with Crippen LogP contribution in [0.4, 0.5) is 0 Å². The van der Waals surface area contributed by atoms with Crippen molar-refractivity contribution in [1.82, 2.24) is 15.8 Å². The van der Waals surface area contributed by atoms with Gasteiger partial charge in [0.1, 0.15) is 24.0 Å². The first kappa shape index (κ1) is 26.1. The van der Waals surface area contributed by atoms with Crippen molar-refractivity contribution in [2.24, 2.45) is 17.3 Å². The molecule has 2 amide bonds. The fourth-order valence-corrected chi connectivity index (χ4v) is 5.05. The molecule has 35 heavy (non-hydrogen) atoms. The first-order valence-corrected chi connectivity index (χ1v) is 11.7. The number of amides is 2. The van der Waals surface area contributed by atoms with Gasteiger partial charge < -0.3 is 20.3 Å². The van der Waals surface area contributed by atoms with Crippen LogP contribution in [0.25, 0.3) is 0 Å². The van der Waals surface area contributed by atoms with Crippen LogP contribution in [0.15, 0.2) is 34.9 Å². The maximum atomic E-state index is 13.6. The number of carbonyl (C=O) groups excluding carboxylic acids is 3. The number of nitrogens with one attached hydrogen (secondary N) is 2. The highest BCUT2D eigenvalue weighted by Gasteiger charge is 2.51. The van der Waals surface area contributed by atoms with Gasteiger partial charge in [-0.15, -0.1) is 0 Å². The number of benzene rings is 1. The molecular formula is C26H32N4O5. The summed E-state index contributed by atoms with van der Waals surface area (Å²) < 4.78 is 5.09. The van der Waals surface area contributed by atoms with Crippen LogP contribution in [-0.2, 0) is 16.0 Å². The summed E-state index contributed by atoms with van der Waals surface area (Å²) in [5.41, 5.74) is 1.03. The molecule has 9 nitrogen and oxygen atoms in total. The molecule has 1 aliphatic rings. The number of ketones is 1. The fraction of sp³-hybridized carbons (Fsp3) is 0.500. The fourth-order valence-electron chi connectivity index (χ4n) is 5.05. The normalized spacial score (nSPS) is 20.5. The molecule has 4 atom stereocenters. The lowest BCUT2D eigenvalue weighted by molar-refractivity contribution is -0.140. The van der Waals surface area contributed by atoms with E-state index in [1.54, 1.807) is 13.8 Å². The molecule has 1 fully saturated rings. The minimum atomic E-state index is -1.54. The zero-order valence-corrected chi connectivity index (χ0v) is 20.5. The Kier molecular flexibility index (Phi) is 8.07. The van der Waals surface area contributed by atoms with Crippen molar-refractivity contribution in [2.75, 3.05) is 6.54 Å². The Morgan fingerprint density at radius 3 is 2.54 bits per heavy atom. The van der Waals surface area contributed by atoms with E-state index in [9.17, 15) is 19.5 Å². The Labute approximate surface area is 204 Å². The van der Waals surface area contributed by atoms with Crippen LogP contribution >= 0.6 is 0 Å². The molecule has 0 bridgehead atoms. The van der Waals surface area contributed by atoms with Gasteiger partial charge in [-0.25, -0.2) is 0 Å². The lowest BCUT2D eigenvalue weighted by atomic mass is 9.75. The summed E-state index contributed by atoms with van der Waals surface area (Å²) in [5, 5.41) is 29.3. The molecule has 1 saturated carbocycles. The SMILES string of the molecule is Cc1noc(C)c1C(=O)N[C@@H](Cc1ccccc1)[C@H](O)C(=O)C1CCC(C)(C)[C@H]1C(=O)NCC#N. The maximum Gasteiger partial charge on any atom is 0.257 e. The number of nitriles is 1. The van der Waals surface area contributed by atoms with Crippen LogP contribution in [0.3, 0.4) is 0 Å². The maximum absolute atomic E-state index is 13.6. The van der Waals surface area contributed by atoms with Gasteiger partial charge in [0.15, 0.2) is 5.78 Å². The number of hydrogen-bond acceptors (Lipinski definition) is 7. The van der Waals surface area contributed by atoms with E-state index < -0.39 is 41.1 Å². The van der Waals surface area contributed by atoms with Gasteiger partial charge in [-0.05, 0) is 44.1 Å². The summed E-state index contributed by atoms with van der Waals surface area (Å²) in [4.78, 5) is 39.5. The van der Waals surface area contributed by atoms with Crippen molar-refractivity contribution in [3.05, 3.63) is 52.9 Å². The Hall–Kier alpha value is -3.51. The molecule has 2 aromatic rings. The van der Waals surface area contributed by atoms with E-state index in [1.165, 1.54) is 0 Å². The van der Waals surface area contributed by atoms with E-state index in [1.807, 2.05) is 50.2 Å². The summed E-state index contributed by atoms with van der Waals surface area (Å²) in [6.45, 7) is 6.92. The first-order chi connectivity index (χ1) is 16.6. The summed E-state index contributed by atoms with van der Waals surface area (Å²) in [6.07, 6.45) is -0.270. The molecule has 1 aliphatic carbocycles. The highest BCUT2D eigenvalue weighted by molar-refractivity contribution is 5.97. The standard InChI is InChI=1S/C26H32N4O5/c1-15-20(16(2)35-30-15)24(33)29-19(14-17-8-6-5-7-9-17)23(32)22(31)18-10-11-26(3,4)21(18)25(34)28-13-12-27/h5-9,18-19,21,23,32H,10-11,13-14H2,1-4H3,(H,28,34)(H,29,33)/t18?,19-,21+,23-/m0/s1. The largest absolute Gasteiger partial charge is 0.383 e. The zero-order chi connectivity index (χ0) is 25.8. The molecule has 3 rings (SSSR count). The van der Waals surface area contributed by atoms with Gasteiger partial charge >= 0.3 is 0 Å². The molecule has 0 radical (unpaired) electrons. The second-order valence-electron chi connectivity index (χ2n) is 9.80. The van der Waals surface area contributed by atoms with E-state index in [0.29, 0.717) is 24.3 Å². The second kappa shape index (κ2) is 10.8. The third kappa shape index (κ3) is 5.77. The van der Waals surface area contributed by atoms with Crippen molar-refractivity contribution >= 4 is 17.6 Å². The molecule has 3 N–H and O–H groups in total. The number of Topliss-reactive ketones (excluding diaryl/α,β-unsaturated/α-hetero) is 1. The van der Waals surface area contributed by atoms with Crippen LogP contribution < -0.4 is 10.6 Å². The molecule has 9 heteroatoms. The molecule has 186 valence electrons. The number of rotatable bonds is 9. The Balaban J connectivity index is 1.87. The van der Waals surface area contributed by atoms with Gasteiger partial charge in [-0.2, -0.15) is 5.26 Å². The summed E-state index contributed by atoms with van der Waals surface area (Å²) in [7, 11) is 0. The van der Waals surface area contributed by atoms with Gasteiger partial charge in [-0.3, -0.25) is 14.4 Å². The molecule has 1 aromatic heterocycles. The van der Waals surface area contributed by atoms with Gasteiger partial charge in [0.25, 0.3) is 5.91 Å². The first-order valence-electron chi connectivity index (χ1n) is 11.7. The van der Waals surface area contributed by atoms with Crippen LogP contribution in [0, 0.1) is 42.4 Å². The van der Waals surface area contributed by atoms with E-state index >= 15 is 0 Å². The molecule has 0 spiro atoms. The van der Waals surface area contributed by atoms with Crippen LogP contribution in [-0.4, -0.2) is 46.6 Å². The highest BCUT2D eigenvalue weighted by atomic mass is 16.5. The van der Waals surface area contributed by atoms with E-state index in [0.717, 1.165) is 5.56 Å². The topological polar surface area (TPSA) is 145 Å². The van der Waals surface area contributed by atoms with Crippen LogP contribution in [0.5, 0.6) is 0 Å². The average molecular weight is 481 g/mol. The third-order valence-electron chi connectivity index (χ3n) is 6.88. The zero-order valence-electron chi connectivity index (χ0n) is 20.5. The molecule has 1 aromatic carbocycles. The van der Waals surface area contributed by atoms with Crippen molar-refractivity contribution in [2.45, 2.75) is 59.1 Å². The highest BCUT2D eigenvalue weighted by Crippen LogP contribution is 2.47. The van der Waals surface area contributed by atoms with Gasteiger partial charge in [0.05, 0.1) is 23.7 Å². The quantitative estimate of drug-likeness (QED) is 0.467. The molecule has 0 saturated heterocycles. The third-order valence-corrected chi connectivity index (χ3v) is 6.88. The van der Waals surface area contributed by atoms with Gasteiger partial charge in [-0.1, -0.05) is 49.3 Å². The molecule has 1 heterocycles. The monoisotopic (exact) mass is 480 g/mol. The summed E-state index contributed by atoms with van der Waals surface area (Å²) >= 11 is 0. The number of aromatic nitrogens is 1. The summed E-state index contributed by atoms with van der Waals surface area (Å²) in [6, 6.07) is 10.2. The number of aryl methyl sites for hydroxylation is 2. The predicted octanol–water partition coefficient (Wildman–Crippen LogP) is 2.25. The number of aliphatic hydroxyl groups excluding tert-OH is 1. The van der Waals surface area contributed by atoms with Crippen molar-refractivity contribution in [3.63, 3.8) is 0 Å². The lowest BCUT2D eigenvalue weighted by Gasteiger charge is -2.31. The molecule has 1 unspecified atom stereocenters. The van der Waals surface area contributed by atoms with Crippen molar-refractivity contribution in [1.29, 1.82) is 5.26 Å². The van der Waals surface area contributed by atoms with Crippen molar-refractivity contribution in [3.8, 4) is 6.07 Å².